The van der Waals surface area contributed by atoms with Gasteiger partial charge in [-0.1, -0.05) is 60.7 Å². The summed E-state index contributed by atoms with van der Waals surface area (Å²) >= 11 is 0. The van der Waals surface area contributed by atoms with Crippen LogP contribution in [0.1, 0.15) is 30.2 Å². The third-order valence-corrected chi connectivity index (χ3v) is 3.49. The quantitative estimate of drug-likeness (QED) is 0.736. The SMILES string of the molecule is C[C@@H](NC(=O)C(=O)NC[C@H](O)c1ccccc1)c1ccccc1. The molecule has 3 N–H and O–H groups in total. The second-order valence-corrected chi connectivity index (χ2v) is 5.24. The summed E-state index contributed by atoms with van der Waals surface area (Å²) in [5, 5.41) is 15.0. The number of benzene rings is 2. The van der Waals surface area contributed by atoms with Crippen molar-refractivity contribution in [2.45, 2.75) is 19.1 Å². The molecule has 0 bridgehead atoms. The molecule has 0 aliphatic heterocycles. The summed E-state index contributed by atoms with van der Waals surface area (Å²) in [6, 6.07) is 18.1. The molecule has 2 amide bonds. The third kappa shape index (κ3) is 4.93. The van der Waals surface area contributed by atoms with Crippen molar-refractivity contribution in [1.29, 1.82) is 0 Å². The molecule has 5 nitrogen and oxygen atoms in total. The van der Waals surface area contributed by atoms with E-state index in [9.17, 15) is 14.7 Å². The Morgan fingerprint density at radius 3 is 2.00 bits per heavy atom. The van der Waals surface area contributed by atoms with Crippen LogP contribution in [0.4, 0.5) is 0 Å². The average molecular weight is 312 g/mol. The van der Waals surface area contributed by atoms with E-state index in [1.165, 1.54) is 0 Å². The van der Waals surface area contributed by atoms with Crippen LogP contribution < -0.4 is 10.6 Å². The second-order valence-electron chi connectivity index (χ2n) is 5.24. The Balaban J connectivity index is 1.82. The molecule has 2 atom stereocenters. The lowest BCUT2D eigenvalue weighted by molar-refractivity contribution is -0.139. The maximum atomic E-state index is 11.9. The first-order chi connectivity index (χ1) is 11.1. The first kappa shape index (κ1) is 16.7. The zero-order chi connectivity index (χ0) is 16.7. The highest BCUT2D eigenvalue weighted by Crippen LogP contribution is 2.11. The Labute approximate surface area is 135 Å². The van der Waals surface area contributed by atoms with Crippen molar-refractivity contribution >= 4 is 11.8 Å². The van der Waals surface area contributed by atoms with Gasteiger partial charge in [-0.05, 0) is 18.1 Å². The fraction of sp³-hybridized carbons (Fsp3) is 0.222. The molecule has 0 fully saturated rings. The predicted octanol–water partition coefficient (Wildman–Crippen LogP) is 1.71. The standard InChI is InChI=1S/C18H20N2O3/c1-13(14-8-4-2-5-9-14)20-18(23)17(22)19-12-16(21)15-10-6-3-7-11-15/h2-11,13,16,21H,12H2,1H3,(H,19,22)(H,20,23)/t13-,16+/m1/s1. The van der Waals surface area contributed by atoms with Crippen molar-refractivity contribution in [2.75, 3.05) is 6.54 Å². The van der Waals surface area contributed by atoms with E-state index in [-0.39, 0.29) is 12.6 Å². The summed E-state index contributed by atoms with van der Waals surface area (Å²) in [5.74, 6) is -1.48. The van der Waals surface area contributed by atoms with Crippen LogP contribution in [-0.4, -0.2) is 23.5 Å². The van der Waals surface area contributed by atoms with Gasteiger partial charge in [0.25, 0.3) is 0 Å². The smallest absolute Gasteiger partial charge is 0.309 e. The molecule has 0 unspecified atom stereocenters. The molecule has 0 heterocycles. The van der Waals surface area contributed by atoms with Crippen LogP contribution in [0.5, 0.6) is 0 Å². The van der Waals surface area contributed by atoms with Crippen molar-refractivity contribution in [3.8, 4) is 0 Å². The number of carbonyl (C=O) groups excluding carboxylic acids is 2. The largest absolute Gasteiger partial charge is 0.387 e. The van der Waals surface area contributed by atoms with Gasteiger partial charge in [-0.2, -0.15) is 0 Å². The van der Waals surface area contributed by atoms with E-state index in [0.29, 0.717) is 5.56 Å². The van der Waals surface area contributed by atoms with Gasteiger partial charge in [0.2, 0.25) is 0 Å². The molecule has 0 aliphatic carbocycles. The molecule has 0 radical (unpaired) electrons. The number of rotatable bonds is 5. The van der Waals surface area contributed by atoms with Crippen LogP contribution >= 0.6 is 0 Å². The van der Waals surface area contributed by atoms with Gasteiger partial charge < -0.3 is 15.7 Å². The summed E-state index contributed by atoms with van der Waals surface area (Å²) in [4.78, 5) is 23.7. The summed E-state index contributed by atoms with van der Waals surface area (Å²) in [5.41, 5.74) is 1.60. The van der Waals surface area contributed by atoms with E-state index < -0.39 is 17.9 Å². The molecule has 0 saturated carbocycles. The van der Waals surface area contributed by atoms with Crippen molar-refractivity contribution < 1.29 is 14.7 Å². The average Bonchev–Trinajstić information content (AvgIpc) is 2.60. The maximum absolute atomic E-state index is 11.9. The number of hydrogen-bond donors (Lipinski definition) is 3. The maximum Gasteiger partial charge on any atom is 0.309 e. The monoisotopic (exact) mass is 312 g/mol. The molecular weight excluding hydrogens is 292 g/mol. The number of nitrogens with one attached hydrogen (secondary N) is 2. The summed E-state index contributed by atoms with van der Waals surface area (Å²) < 4.78 is 0. The summed E-state index contributed by atoms with van der Waals surface area (Å²) in [6.07, 6.45) is -0.848. The number of aliphatic hydroxyl groups excluding tert-OH is 1. The van der Waals surface area contributed by atoms with Crippen molar-refractivity contribution in [1.82, 2.24) is 10.6 Å². The molecule has 0 spiro atoms. The van der Waals surface area contributed by atoms with Gasteiger partial charge in [-0.15, -0.1) is 0 Å². The first-order valence-electron chi connectivity index (χ1n) is 7.44. The van der Waals surface area contributed by atoms with Gasteiger partial charge in [0.15, 0.2) is 0 Å². The summed E-state index contributed by atoms with van der Waals surface area (Å²) in [7, 11) is 0. The van der Waals surface area contributed by atoms with Gasteiger partial charge >= 0.3 is 11.8 Å². The Morgan fingerprint density at radius 2 is 1.43 bits per heavy atom. The van der Waals surface area contributed by atoms with Crippen LogP contribution in [0.3, 0.4) is 0 Å². The fourth-order valence-corrected chi connectivity index (χ4v) is 2.15. The minimum atomic E-state index is -0.848. The number of carbonyl (C=O) groups is 2. The Bertz CT molecular complexity index is 644. The lowest BCUT2D eigenvalue weighted by atomic mass is 10.1. The Morgan fingerprint density at radius 1 is 0.913 bits per heavy atom. The zero-order valence-corrected chi connectivity index (χ0v) is 12.9. The Hall–Kier alpha value is -2.66. The van der Waals surface area contributed by atoms with Gasteiger partial charge in [-0.25, -0.2) is 0 Å². The van der Waals surface area contributed by atoms with E-state index in [2.05, 4.69) is 10.6 Å². The molecule has 2 aromatic carbocycles. The van der Waals surface area contributed by atoms with E-state index in [0.717, 1.165) is 5.56 Å². The molecule has 2 aromatic rings. The molecule has 5 heteroatoms. The molecular formula is C18H20N2O3. The molecule has 0 aliphatic rings. The molecule has 23 heavy (non-hydrogen) atoms. The van der Waals surface area contributed by atoms with Crippen LogP contribution in [0, 0.1) is 0 Å². The Kier molecular flexibility index (Phi) is 5.88. The lowest BCUT2D eigenvalue weighted by Gasteiger charge is -2.15. The molecule has 120 valence electrons. The van der Waals surface area contributed by atoms with E-state index in [1.54, 1.807) is 31.2 Å². The highest BCUT2D eigenvalue weighted by Gasteiger charge is 2.18. The van der Waals surface area contributed by atoms with Crippen molar-refractivity contribution in [3.63, 3.8) is 0 Å². The number of aliphatic hydroxyl groups is 1. The van der Waals surface area contributed by atoms with Crippen LogP contribution in [0.25, 0.3) is 0 Å². The highest BCUT2D eigenvalue weighted by molar-refractivity contribution is 6.35. The topological polar surface area (TPSA) is 78.4 Å². The first-order valence-corrected chi connectivity index (χ1v) is 7.44. The number of hydrogen-bond acceptors (Lipinski definition) is 3. The van der Waals surface area contributed by atoms with Gasteiger partial charge in [-0.3, -0.25) is 9.59 Å². The van der Waals surface area contributed by atoms with E-state index >= 15 is 0 Å². The highest BCUT2D eigenvalue weighted by atomic mass is 16.3. The minimum absolute atomic E-state index is 0.0179. The number of amides is 2. The predicted molar refractivity (Wildman–Crippen MR) is 87.4 cm³/mol. The van der Waals surface area contributed by atoms with Gasteiger partial charge in [0.05, 0.1) is 12.1 Å². The van der Waals surface area contributed by atoms with Gasteiger partial charge in [0, 0.05) is 6.54 Å². The second kappa shape index (κ2) is 8.10. The van der Waals surface area contributed by atoms with Crippen LogP contribution in [0.15, 0.2) is 60.7 Å². The molecule has 2 rings (SSSR count). The lowest BCUT2D eigenvalue weighted by Crippen LogP contribution is -2.42. The van der Waals surface area contributed by atoms with Gasteiger partial charge in [0.1, 0.15) is 0 Å². The molecule has 0 saturated heterocycles. The van der Waals surface area contributed by atoms with Crippen molar-refractivity contribution in [2.24, 2.45) is 0 Å². The summed E-state index contributed by atoms with van der Waals surface area (Å²) in [6.45, 7) is 1.79. The normalized spacial score (nSPS) is 13.0. The van der Waals surface area contributed by atoms with Crippen LogP contribution in [0.2, 0.25) is 0 Å². The van der Waals surface area contributed by atoms with Crippen LogP contribution in [-0.2, 0) is 9.59 Å². The van der Waals surface area contributed by atoms with E-state index in [4.69, 9.17) is 0 Å². The minimum Gasteiger partial charge on any atom is -0.387 e. The zero-order valence-electron chi connectivity index (χ0n) is 12.9. The van der Waals surface area contributed by atoms with E-state index in [1.807, 2.05) is 36.4 Å². The van der Waals surface area contributed by atoms with Crippen molar-refractivity contribution in [3.05, 3.63) is 71.8 Å². The molecule has 0 aromatic heterocycles. The fourth-order valence-electron chi connectivity index (χ4n) is 2.15. The third-order valence-electron chi connectivity index (χ3n) is 3.49.